The number of benzene rings is 1. The van der Waals surface area contributed by atoms with E-state index >= 15 is 0 Å². The van der Waals surface area contributed by atoms with Crippen LogP contribution in [0.2, 0.25) is 0 Å². The van der Waals surface area contributed by atoms with Crippen molar-refractivity contribution in [1.82, 2.24) is 0 Å². The molecule has 0 aromatic heterocycles. The van der Waals surface area contributed by atoms with Crippen LogP contribution in [0, 0.1) is 6.92 Å². The fraction of sp³-hybridized carbons (Fsp3) is 0.462. The molecule has 3 nitrogen and oxygen atoms in total. The minimum absolute atomic E-state index is 0.111. The first kappa shape index (κ1) is 15.3. The van der Waals surface area contributed by atoms with Gasteiger partial charge >= 0.3 is 12.1 Å². The quantitative estimate of drug-likeness (QED) is 0.857. The number of aryl methyl sites for hydroxylation is 1. The zero-order valence-corrected chi connectivity index (χ0v) is 11.0. The van der Waals surface area contributed by atoms with E-state index in [4.69, 9.17) is 0 Å². The molecule has 0 aliphatic heterocycles. The number of carbonyl (C=O) groups is 1. The second-order valence-electron chi connectivity index (χ2n) is 4.33. The number of ether oxygens (including phenoxy) is 1. The molecule has 0 fully saturated rings. The largest absolute Gasteiger partial charge is 0.464 e. The average molecular weight is 275 g/mol. The molecular weight excluding hydrogens is 259 g/mol. The molecule has 0 heterocycles. The van der Waals surface area contributed by atoms with Gasteiger partial charge in [0, 0.05) is 5.69 Å². The van der Waals surface area contributed by atoms with Crippen LogP contribution in [-0.2, 0) is 9.53 Å². The Bertz CT molecular complexity index is 442. The van der Waals surface area contributed by atoms with Crippen molar-refractivity contribution in [2.75, 3.05) is 11.9 Å². The molecule has 0 amide bonds. The first-order chi connectivity index (χ1) is 8.70. The van der Waals surface area contributed by atoms with Gasteiger partial charge in [0.1, 0.15) is 0 Å². The summed E-state index contributed by atoms with van der Waals surface area (Å²) >= 11 is 0. The number of anilines is 1. The summed E-state index contributed by atoms with van der Waals surface area (Å²) in [4.78, 5) is 11.6. The van der Waals surface area contributed by atoms with Gasteiger partial charge in [-0.2, -0.15) is 13.2 Å². The van der Waals surface area contributed by atoms with E-state index in [1.54, 1.807) is 12.1 Å². The van der Waals surface area contributed by atoms with E-state index in [1.807, 2.05) is 6.92 Å². The van der Waals surface area contributed by atoms with Crippen LogP contribution >= 0.6 is 0 Å². The lowest BCUT2D eigenvalue weighted by Crippen LogP contribution is -2.56. The Balaban J connectivity index is 3.05. The molecule has 0 radical (unpaired) electrons. The highest BCUT2D eigenvalue weighted by Gasteiger charge is 2.58. The molecule has 1 rings (SSSR count). The van der Waals surface area contributed by atoms with Crippen LogP contribution < -0.4 is 5.32 Å². The Kier molecular flexibility index (Phi) is 4.44. The number of hydrogen-bond donors (Lipinski definition) is 1. The summed E-state index contributed by atoms with van der Waals surface area (Å²) in [5.74, 6) is -1.34. The monoisotopic (exact) mass is 275 g/mol. The molecule has 6 heteroatoms. The van der Waals surface area contributed by atoms with Crippen molar-refractivity contribution in [3.63, 3.8) is 0 Å². The van der Waals surface area contributed by atoms with Gasteiger partial charge < -0.3 is 10.1 Å². The van der Waals surface area contributed by atoms with E-state index in [0.29, 0.717) is 0 Å². The zero-order valence-electron chi connectivity index (χ0n) is 11.0. The number of hydrogen-bond acceptors (Lipinski definition) is 3. The molecule has 1 aromatic rings. The zero-order chi connectivity index (χ0) is 14.7. The van der Waals surface area contributed by atoms with Gasteiger partial charge in [0.15, 0.2) is 0 Å². The van der Waals surface area contributed by atoms with Gasteiger partial charge in [-0.15, -0.1) is 0 Å². The predicted molar refractivity (Wildman–Crippen MR) is 65.9 cm³/mol. The van der Waals surface area contributed by atoms with Crippen molar-refractivity contribution in [3.8, 4) is 0 Å². The van der Waals surface area contributed by atoms with Crippen molar-refractivity contribution in [2.24, 2.45) is 0 Å². The summed E-state index contributed by atoms with van der Waals surface area (Å²) < 4.78 is 43.7. The molecule has 0 saturated heterocycles. The fourth-order valence-electron chi connectivity index (χ4n) is 1.44. The SMILES string of the molecule is CCOC(=O)C(C)(Nc1ccc(C)cc1)C(F)(F)F. The number of halogens is 3. The molecule has 0 saturated carbocycles. The lowest BCUT2D eigenvalue weighted by Gasteiger charge is -2.31. The van der Waals surface area contributed by atoms with E-state index in [9.17, 15) is 18.0 Å². The lowest BCUT2D eigenvalue weighted by atomic mass is 10.0. The van der Waals surface area contributed by atoms with Gasteiger partial charge in [-0.05, 0) is 32.9 Å². The number of esters is 1. The maximum atomic E-state index is 13.1. The molecular formula is C13H16F3NO2. The van der Waals surface area contributed by atoms with Crippen molar-refractivity contribution in [2.45, 2.75) is 32.5 Å². The Morgan fingerprint density at radius 1 is 1.26 bits per heavy atom. The van der Waals surface area contributed by atoms with Crippen LogP contribution in [0.3, 0.4) is 0 Å². The van der Waals surface area contributed by atoms with Crippen LogP contribution in [0.1, 0.15) is 19.4 Å². The third kappa shape index (κ3) is 3.39. The van der Waals surface area contributed by atoms with Gasteiger partial charge in [-0.3, -0.25) is 0 Å². The fourth-order valence-corrected chi connectivity index (χ4v) is 1.44. The summed E-state index contributed by atoms with van der Waals surface area (Å²) in [7, 11) is 0. The van der Waals surface area contributed by atoms with Gasteiger partial charge in [0.2, 0.25) is 5.54 Å². The standard InChI is InChI=1S/C13H16F3NO2/c1-4-19-11(18)12(3,13(14,15)16)17-10-7-5-9(2)6-8-10/h5-8,17H,4H2,1-3H3. The predicted octanol–water partition coefficient (Wildman–Crippen LogP) is 3.29. The maximum absolute atomic E-state index is 13.1. The van der Waals surface area contributed by atoms with Crippen LogP contribution in [0.4, 0.5) is 18.9 Å². The molecule has 0 aliphatic carbocycles. The van der Waals surface area contributed by atoms with Crippen molar-refractivity contribution < 1.29 is 22.7 Å². The minimum Gasteiger partial charge on any atom is -0.464 e. The molecule has 1 atom stereocenters. The maximum Gasteiger partial charge on any atom is 0.422 e. The Hall–Kier alpha value is -1.72. The summed E-state index contributed by atoms with van der Waals surface area (Å²) in [6.07, 6.45) is -4.76. The van der Waals surface area contributed by atoms with Gasteiger partial charge in [0.25, 0.3) is 0 Å². The molecule has 0 spiro atoms. The Morgan fingerprint density at radius 2 is 1.79 bits per heavy atom. The Labute approximate surface area is 109 Å². The van der Waals surface area contributed by atoms with Gasteiger partial charge in [-0.25, -0.2) is 4.79 Å². The first-order valence-corrected chi connectivity index (χ1v) is 5.79. The smallest absolute Gasteiger partial charge is 0.422 e. The summed E-state index contributed by atoms with van der Waals surface area (Å²) in [5.41, 5.74) is -1.65. The molecule has 19 heavy (non-hydrogen) atoms. The lowest BCUT2D eigenvalue weighted by molar-refractivity contribution is -0.196. The molecule has 1 unspecified atom stereocenters. The first-order valence-electron chi connectivity index (χ1n) is 5.79. The molecule has 1 N–H and O–H groups in total. The highest BCUT2D eigenvalue weighted by Crippen LogP contribution is 2.34. The third-order valence-corrected chi connectivity index (χ3v) is 2.70. The van der Waals surface area contributed by atoms with E-state index in [2.05, 4.69) is 10.1 Å². The van der Waals surface area contributed by atoms with Crippen molar-refractivity contribution in [3.05, 3.63) is 29.8 Å². The second-order valence-corrected chi connectivity index (χ2v) is 4.33. The van der Waals surface area contributed by atoms with Gasteiger partial charge in [0.05, 0.1) is 6.61 Å². The molecule has 0 bridgehead atoms. The highest BCUT2D eigenvalue weighted by molar-refractivity contribution is 5.85. The molecule has 106 valence electrons. The van der Waals surface area contributed by atoms with E-state index < -0.39 is 17.7 Å². The third-order valence-electron chi connectivity index (χ3n) is 2.70. The highest BCUT2D eigenvalue weighted by atomic mass is 19.4. The van der Waals surface area contributed by atoms with E-state index in [0.717, 1.165) is 12.5 Å². The van der Waals surface area contributed by atoms with Crippen LogP contribution in [-0.4, -0.2) is 24.3 Å². The Morgan fingerprint density at radius 3 is 2.21 bits per heavy atom. The van der Waals surface area contributed by atoms with Crippen molar-refractivity contribution >= 4 is 11.7 Å². The molecule has 0 aliphatic rings. The number of rotatable bonds is 4. The topological polar surface area (TPSA) is 38.3 Å². The normalized spacial score (nSPS) is 14.6. The van der Waals surface area contributed by atoms with Crippen LogP contribution in [0.15, 0.2) is 24.3 Å². The summed E-state index contributed by atoms with van der Waals surface area (Å²) in [5, 5.41) is 2.21. The van der Waals surface area contributed by atoms with E-state index in [1.165, 1.54) is 19.1 Å². The minimum atomic E-state index is -4.76. The number of carbonyl (C=O) groups excluding carboxylic acids is 1. The average Bonchev–Trinajstić information content (AvgIpc) is 2.31. The molecule has 1 aromatic carbocycles. The second kappa shape index (κ2) is 5.50. The van der Waals surface area contributed by atoms with E-state index in [-0.39, 0.29) is 12.3 Å². The summed E-state index contributed by atoms with van der Waals surface area (Å²) in [6, 6.07) is 6.28. The van der Waals surface area contributed by atoms with Crippen LogP contribution in [0.5, 0.6) is 0 Å². The number of nitrogens with one attached hydrogen (secondary N) is 1. The number of alkyl halides is 3. The van der Waals surface area contributed by atoms with Gasteiger partial charge in [-0.1, -0.05) is 17.7 Å². The van der Waals surface area contributed by atoms with Crippen molar-refractivity contribution in [1.29, 1.82) is 0 Å². The van der Waals surface area contributed by atoms with Crippen LogP contribution in [0.25, 0.3) is 0 Å². The summed E-state index contributed by atoms with van der Waals surface area (Å²) in [6.45, 7) is 3.93.